The molecule has 2 aromatic rings. The second-order valence-electron chi connectivity index (χ2n) is 10.2. The van der Waals surface area contributed by atoms with Crippen molar-refractivity contribution in [2.75, 3.05) is 26.4 Å². The molecule has 240 valence electrons. The number of carbonyl (C=O) groups is 4. The Balaban J connectivity index is 1.70. The number of esters is 4. The summed E-state index contributed by atoms with van der Waals surface area (Å²) in [5, 5.41) is 19.0. The van der Waals surface area contributed by atoms with E-state index in [1.807, 2.05) is 0 Å². The van der Waals surface area contributed by atoms with Crippen molar-refractivity contribution in [1.82, 2.24) is 0 Å². The van der Waals surface area contributed by atoms with Crippen LogP contribution in [0.15, 0.2) is 60.7 Å². The molecule has 0 unspecified atom stereocenters. The van der Waals surface area contributed by atoms with Gasteiger partial charge in [-0.05, 0) is 60.7 Å². The van der Waals surface area contributed by atoms with E-state index in [2.05, 4.69) is 0 Å². The number of aliphatic hydroxyl groups is 2. The van der Waals surface area contributed by atoms with Gasteiger partial charge in [0.25, 0.3) is 0 Å². The maximum atomic E-state index is 12.1. The molecule has 0 radical (unpaired) electrons. The highest BCUT2D eigenvalue weighted by atomic mass is 16.5. The van der Waals surface area contributed by atoms with Gasteiger partial charge in [0.2, 0.25) is 0 Å². The van der Waals surface area contributed by atoms with E-state index in [-0.39, 0.29) is 37.9 Å². The van der Waals surface area contributed by atoms with E-state index < -0.39 is 23.9 Å². The monoisotopic (exact) mass is 612 g/mol. The van der Waals surface area contributed by atoms with E-state index in [9.17, 15) is 19.2 Å². The van der Waals surface area contributed by atoms with Crippen molar-refractivity contribution in [2.24, 2.45) is 0 Å². The minimum absolute atomic E-state index is 0.212. The lowest BCUT2D eigenvalue weighted by molar-refractivity contribution is -0.139. The molecule has 0 aliphatic rings. The summed E-state index contributed by atoms with van der Waals surface area (Å²) in [6.45, 7) is 0.974. The third kappa shape index (κ3) is 16.6. The molecule has 2 rings (SSSR count). The summed E-state index contributed by atoms with van der Waals surface area (Å²) in [6.07, 6.45) is 15.1. The first-order chi connectivity index (χ1) is 21.4. The molecule has 0 saturated heterocycles. The summed E-state index contributed by atoms with van der Waals surface area (Å²) >= 11 is 0. The zero-order valence-electron chi connectivity index (χ0n) is 25.2. The fourth-order valence-corrected chi connectivity index (χ4v) is 4.19. The molecule has 2 aromatic carbocycles. The van der Waals surface area contributed by atoms with Crippen molar-refractivity contribution in [3.63, 3.8) is 0 Å². The number of aliphatic hydroxyl groups excluding tert-OH is 2. The summed E-state index contributed by atoms with van der Waals surface area (Å²) in [7, 11) is 0. The molecule has 0 saturated carbocycles. The first kappa shape index (κ1) is 36.2. The summed E-state index contributed by atoms with van der Waals surface area (Å²) < 4.78 is 20.7. The second kappa shape index (κ2) is 22.5. The molecule has 0 amide bonds. The Morgan fingerprint density at radius 1 is 0.477 bits per heavy atom. The van der Waals surface area contributed by atoms with Crippen LogP contribution in [0.1, 0.15) is 77.0 Å². The molecule has 0 spiro atoms. The van der Waals surface area contributed by atoms with E-state index in [0.717, 1.165) is 112 Å². The highest BCUT2D eigenvalue weighted by molar-refractivity contribution is 5.94. The molecular formula is C34H44O10. The van der Waals surface area contributed by atoms with E-state index in [1.165, 1.54) is 0 Å². The van der Waals surface area contributed by atoms with Crippen molar-refractivity contribution in [1.29, 1.82) is 0 Å². The highest BCUT2D eigenvalue weighted by Crippen LogP contribution is 2.25. The summed E-state index contributed by atoms with van der Waals surface area (Å²) in [6, 6.07) is 9.80. The van der Waals surface area contributed by atoms with Crippen LogP contribution in [0.4, 0.5) is 0 Å². The minimum atomic E-state index is -0.727. The number of hydrogen-bond donors (Lipinski definition) is 2. The maximum Gasteiger partial charge on any atom is 0.336 e. The van der Waals surface area contributed by atoms with Crippen LogP contribution in [-0.2, 0) is 28.7 Å². The van der Waals surface area contributed by atoms with Gasteiger partial charge in [-0.3, -0.25) is 0 Å². The number of rotatable bonds is 22. The number of unbranched alkanes of at least 4 members (excludes halogenated alkanes) is 10. The lowest BCUT2D eigenvalue weighted by atomic mass is 10.1. The van der Waals surface area contributed by atoms with Crippen LogP contribution in [-0.4, -0.2) is 60.5 Å². The van der Waals surface area contributed by atoms with Crippen molar-refractivity contribution < 1.29 is 48.3 Å². The van der Waals surface area contributed by atoms with Crippen molar-refractivity contribution in [3.8, 4) is 11.5 Å². The predicted octanol–water partition coefficient (Wildman–Crippen LogP) is 5.52. The Kier molecular flexibility index (Phi) is 18.5. The lowest BCUT2D eigenvalue weighted by Crippen LogP contribution is -2.07. The third-order valence-electron chi connectivity index (χ3n) is 6.52. The van der Waals surface area contributed by atoms with E-state index >= 15 is 0 Å². The summed E-state index contributed by atoms with van der Waals surface area (Å²) in [5.41, 5.74) is 0. The molecule has 10 nitrogen and oxygen atoms in total. The molecule has 0 heterocycles. The molecule has 0 bridgehead atoms. The normalized spacial score (nSPS) is 11.2. The van der Waals surface area contributed by atoms with Crippen LogP contribution in [0.5, 0.6) is 11.5 Å². The van der Waals surface area contributed by atoms with Gasteiger partial charge in [-0.25, -0.2) is 19.2 Å². The average Bonchev–Trinajstić information content (AvgIpc) is 3.01. The minimum Gasteiger partial charge on any atom is -0.463 e. The van der Waals surface area contributed by atoms with Crippen LogP contribution in [0.3, 0.4) is 0 Å². The molecule has 44 heavy (non-hydrogen) atoms. The number of fused-ring (bicyclic) bond motifs is 1. The zero-order chi connectivity index (χ0) is 31.8. The van der Waals surface area contributed by atoms with Crippen molar-refractivity contribution in [2.45, 2.75) is 77.0 Å². The molecule has 0 aliphatic heterocycles. The lowest BCUT2D eigenvalue weighted by Gasteiger charge is -2.06. The number of hydrogen-bond acceptors (Lipinski definition) is 10. The van der Waals surface area contributed by atoms with Gasteiger partial charge >= 0.3 is 23.9 Å². The molecule has 0 atom stereocenters. The highest BCUT2D eigenvalue weighted by Gasteiger charge is 2.07. The van der Waals surface area contributed by atoms with Crippen LogP contribution in [0, 0.1) is 0 Å². The molecule has 0 fully saturated rings. The topological polar surface area (TPSA) is 146 Å². The predicted molar refractivity (Wildman–Crippen MR) is 165 cm³/mol. The first-order valence-corrected chi connectivity index (χ1v) is 15.3. The fraction of sp³-hybridized carbons (Fsp3) is 0.471. The summed E-state index contributed by atoms with van der Waals surface area (Å²) in [5.74, 6) is -2.15. The van der Waals surface area contributed by atoms with Gasteiger partial charge in [0.05, 0.1) is 13.2 Å². The molecular weight excluding hydrogens is 568 g/mol. The van der Waals surface area contributed by atoms with Gasteiger partial charge in [-0.2, -0.15) is 0 Å². The molecule has 0 aromatic heterocycles. The van der Waals surface area contributed by atoms with Crippen LogP contribution in [0.25, 0.3) is 10.8 Å². The zero-order valence-corrected chi connectivity index (χ0v) is 25.2. The van der Waals surface area contributed by atoms with Gasteiger partial charge in [-0.1, -0.05) is 63.5 Å². The Hall–Kier alpha value is -4.02. The van der Waals surface area contributed by atoms with E-state index in [4.69, 9.17) is 29.2 Å². The number of carbonyl (C=O) groups excluding carboxylic acids is 4. The van der Waals surface area contributed by atoms with Gasteiger partial charge in [0.1, 0.15) is 11.5 Å². The largest absolute Gasteiger partial charge is 0.463 e. The molecule has 10 heteroatoms. The van der Waals surface area contributed by atoms with Crippen molar-refractivity contribution >= 4 is 34.6 Å². The SMILES string of the molecule is O=C(C=CC(=O)Oc1ccc2cc(OC(=O)C=CC(=O)OCCCCCCCCO)ccc2c1)OCCCCCCCCO. The Bertz CT molecular complexity index is 1140. The van der Waals surface area contributed by atoms with Crippen LogP contribution >= 0.6 is 0 Å². The van der Waals surface area contributed by atoms with Gasteiger partial charge in [0.15, 0.2) is 0 Å². The Morgan fingerprint density at radius 2 is 0.818 bits per heavy atom. The molecule has 0 aliphatic carbocycles. The smallest absolute Gasteiger partial charge is 0.336 e. The Labute approximate surface area is 258 Å². The van der Waals surface area contributed by atoms with Gasteiger partial charge < -0.3 is 29.2 Å². The standard InChI is InChI=1S/C34H44O10/c35-21-9-5-1-3-7-11-23-41-31(37)17-19-33(39)43-29-15-13-28-26-30(16-14-27(28)25-29)44-34(40)20-18-32(38)42-24-12-8-4-2-6-10-22-36/h13-20,25-26,35-36H,1-12,21-24H2. The average molecular weight is 613 g/mol. The summed E-state index contributed by atoms with van der Waals surface area (Å²) in [4.78, 5) is 47.9. The quantitative estimate of drug-likeness (QED) is 0.0755. The van der Waals surface area contributed by atoms with E-state index in [0.29, 0.717) is 0 Å². The number of benzene rings is 2. The number of ether oxygens (including phenoxy) is 4. The third-order valence-corrected chi connectivity index (χ3v) is 6.52. The molecule has 2 N–H and O–H groups in total. The van der Waals surface area contributed by atoms with Crippen molar-refractivity contribution in [3.05, 3.63) is 60.7 Å². The van der Waals surface area contributed by atoms with Gasteiger partial charge in [0, 0.05) is 37.5 Å². The Morgan fingerprint density at radius 3 is 1.20 bits per heavy atom. The first-order valence-electron chi connectivity index (χ1n) is 15.3. The maximum absolute atomic E-state index is 12.1. The fourth-order valence-electron chi connectivity index (χ4n) is 4.19. The second-order valence-corrected chi connectivity index (χ2v) is 10.2. The van der Waals surface area contributed by atoms with Crippen LogP contribution in [0.2, 0.25) is 0 Å². The van der Waals surface area contributed by atoms with Gasteiger partial charge in [-0.15, -0.1) is 0 Å². The van der Waals surface area contributed by atoms with E-state index in [1.54, 1.807) is 36.4 Å². The van der Waals surface area contributed by atoms with Crippen LogP contribution < -0.4 is 9.47 Å².